The van der Waals surface area contributed by atoms with Crippen molar-refractivity contribution in [3.8, 4) is 11.5 Å². The van der Waals surface area contributed by atoms with E-state index in [4.69, 9.17) is 9.47 Å². The van der Waals surface area contributed by atoms with Crippen LogP contribution in [0, 0.1) is 5.41 Å². The molecule has 1 aliphatic heterocycles. The van der Waals surface area contributed by atoms with Gasteiger partial charge < -0.3 is 19.7 Å². The van der Waals surface area contributed by atoms with Crippen molar-refractivity contribution in [2.75, 3.05) is 19.9 Å². The lowest BCUT2D eigenvalue weighted by Crippen LogP contribution is -2.41. The quantitative estimate of drug-likeness (QED) is 0.900. The number of benzene rings is 1. The van der Waals surface area contributed by atoms with E-state index < -0.39 is 5.41 Å². The highest BCUT2D eigenvalue weighted by Gasteiger charge is 2.21. The van der Waals surface area contributed by atoms with Gasteiger partial charge in [-0.1, -0.05) is 26.8 Å². The summed E-state index contributed by atoms with van der Waals surface area (Å²) in [5.41, 5.74) is 0.532. The van der Waals surface area contributed by atoms with Crippen molar-refractivity contribution in [2.45, 2.75) is 34.2 Å². The summed E-state index contributed by atoms with van der Waals surface area (Å²) in [4.78, 5) is 25.4. The van der Waals surface area contributed by atoms with Crippen molar-refractivity contribution in [3.05, 3.63) is 23.8 Å². The molecule has 23 heavy (non-hydrogen) atoms. The molecule has 0 radical (unpaired) electrons. The van der Waals surface area contributed by atoms with Crippen molar-refractivity contribution in [1.82, 2.24) is 10.2 Å². The molecule has 1 aromatic carbocycles. The van der Waals surface area contributed by atoms with Crippen LogP contribution in [0.2, 0.25) is 0 Å². The van der Waals surface area contributed by atoms with Gasteiger partial charge in [0.2, 0.25) is 18.6 Å². The molecule has 1 aliphatic rings. The predicted octanol–water partition coefficient (Wildman–Crippen LogP) is 1.93. The lowest BCUT2D eigenvalue weighted by molar-refractivity contribution is -0.131. The topological polar surface area (TPSA) is 67.9 Å². The van der Waals surface area contributed by atoms with Gasteiger partial charge in [0.05, 0.1) is 0 Å². The normalized spacial score (nSPS) is 12.9. The number of carbonyl (C=O) groups excluding carboxylic acids is 2. The monoisotopic (exact) mass is 320 g/mol. The number of ether oxygens (including phenoxy) is 2. The molecule has 2 rings (SSSR count). The molecule has 0 unspecified atom stereocenters. The second kappa shape index (κ2) is 6.89. The standard InChI is InChI=1S/C17H24N2O4/c1-12(20)19(8-7-18-16(21)17(2,3)4)10-13-5-6-14-15(9-13)23-11-22-14/h5-6,9H,7-8,10-11H2,1-4H3,(H,18,21). The van der Waals surface area contributed by atoms with Crippen molar-refractivity contribution in [3.63, 3.8) is 0 Å². The Bertz CT molecular complexity index is 593. The molecule has 0 atom stereocenters. The number of amides is 2. The summed E-state index contributed by atoms with van der Waals surface area (Å²) in [7, 11) is 0. The summed E-state index contributed by atoms with van der Waals surface area (Å²) in [5, 5.41) is 2.86. The Kier molecular flexibility index (Phi) is 5.13. The molecule has 1 N–H and O–H groups in total. The Labute approximate surface area is 136 Å². The molecule has 0 saturated carbocycles. The van der Waals surface area contributed by atoms with E-state index in [0.717, 1.165) is 11.3 Å². The Morgan fingerprint density at radius 1 is 1.22 bits per heavy atom. The van der Waals surface area contributed by atoms with Crippen LogP contribution in [0.15, 0.2) is 18.2 Å². The van der Waals surface area contributed by atoms with Crippen LogP contribution in [0.5, 0.6) is 11.5 Å². The highest BCUT2D eigenvalue weighted by atomic mass is 16.7. The Morgan fingerprint density at radius 3 is 2.57 bits per heavy atom. The van der Waals surface area contributed by atoms with Crippen LogP contribution in [0.3, 0.4) is 0 Å². The van der Waals surface area contributed by atoms with E-state index >= 15 is 0 Å². The Morgan fingerprint density at radius 2 is 1.91 bits per heavy atom. The lowest BCUT2D eigenvalue weighted by Gasteiger charge is -2.23. The fourth-order valence-corrected chi connectivity index (χ4v) is 2.18. The minimum atomic E-state index is -0.432. The molecule has 1 heterocycles. The van der Waals surface area contributed by atoms with Crippen LogP contribution in [0.4, 0.5) is 0 Å². The average molecular weight is 320 g/mol. The summed E-state index contributed by atoms with van der Waals surface area (Å²) < 4.78 is 10.6. The molecule has 0 saturated heterocycles. The van der Waals surface area contributed by atoms with Gasteiger partial charge in [0.25, 0.3) is 0 Å². The molecule has 0 spiro atoms. The molecule has 6 nitrogen and oxygen atoms in total. The SMILES string of the molecule is CC(=O)N(CCNC(=O)C(C)(C)C)Cc1ccc2c(c1)OCO2. The molecule has 126 valence electrons. The molecular formula is C17H24N2O4. The summed E-state index contributed by atoms with van der Waals surface area (Å²) in [6.07, 6.45) is 0. The van der Waals surface area contributed by atoms with Crippen LogP contribution in [0.1, 0.15) is 33.3 Å². The first-order valence-corrected chi connectivity index (χ1v) is 7.70. The first kappa shape index (κ1) is 17.1. The third-order valence-corrected chi connectivity index (χ3v) is 3.60. The number of hydrogen-bond acceptors (Lipinski definition) is 4. The molecule has 6 heteroatoms. The molecule has 0 aliphatic carbocycles. The maximum Gasteiger partial charge on any atom is 0.231 e. The van der Waals surface area contributed by atoms with E-state index in [1.807, 2.05) is 39.0 Å². The first-order valence-electron chi connectivity index (χ1n) is 7.70. The molecule has 0 aromatic heterocycles. The smallest absolute Gasteiger partial charge is 0.231 e. The van der Waals surface area contributed by atoms with Crippen LogP contribution >= 0.6 is 0 Å². The van der Waals surface area contributed by atoms with E-state index in [0.29, 0.717) is 25.4 Å². The highest BCUT2D eigenvalue weighted by Crippen LogP contribution is 2.32. The Balaban J connectivity index is 1.92. The van der Waals surface area contributed by atoms with E-state index in [9.17, 15) is 9.59 Å². The largest absolute Gasteiger partial charge is 0.454 e. The fourth-order valence-electron chi connectivity index (χ4n) is 2.18. The van der Waals surface area contributed by atoms with Crippen LogP contribution in [-0.4, -0.2) is 36.6 Å². The van der Waals surface area contributed by atoms with Gasteiger partial charge >= 0.3 is 0 Å². The molecule has 1 aromatic rings. The predicted molar refractivity (Wildman–Crippen MR) is 86.1 cm³/mol. The third kappa shape index (κ3) is 4.61. The average Bonchev–Trinajstić information content (AvgIpc) is 2.92. The van der Waals surface area contributed by atoms with Crippen LogP contribution in [-0.2, 0) is 16.1 Å². The summed E-state index contributed by atoms with van der Waals surface area (Å²) in [6, 6.07) is 5.64. The van der Waals surface area contributed by atoms with Crippen molar-refractivity contribution < 1.29 is 19.1 Å². The van der Waals surface area contributed by atoms with Gasteiger partial charge in [-0.2, -0.15) is 0 Å². The number of hydrogen-bond donors (Lipinski definition) is 1. The van der Waals surface area contributed by atoms with Gasteiger partial charge in [0.1, 0.15) is 0 Å². The van der Waals surface area contributed by atoms with E-state index in [2.05, 4.69) is 5.32 Å². The maximum atomic E-state index is 11.9. The third-order valence-electron chi connectivity index (χ3n) is 3.60. The fraction of sp³-hybridized carbons (Fsp3) is 0.529. The van der Waals surface area contributed by atoms with Gasteiger partial charge in [-0.15, -0.1) is 0 Å². The van der Waals surface area contributed by atoms with Crippen LogP contribution in [0.25, 0.3) is 0 Å². The number of nitrogens with one attached hydrogen (secondary N) is 1. The zero-order valence-electron chi connectivity index (χ0n) is 14.1. The van der Waals surface area contributed by atoms with E-state index in [1.54, 1.807) is 4.90 Å². The van der Waals surface area contributed by atoms with Crippen molar-refractivity contribution >= 4 is 11.8 Å². The second-order valence-corrected chi connectivity index (χ2v) is 6.63. The van der Waals surface area contributed by atoms with Gasteiger partial charge in [-0.05, 0) is 17.7 Å². The Hall–Kier alpha value is -2.24. The molecular weight excluding hydrogens is 296 g/mol. The first-order chi connectivity index (χ1) is 10.8. The minimum absolute atomic E-state index is 0.0240. The number of carbonyl (C=O) groups is 2. The number of nitrogens with zero attached hydrogens (tertiary/aromatic N) is 1. The van der Waals surface area contributed by atoms with Gasteiger partial charge in [-0.25, -0.2) is 0 Å². The van der Waals surface area contributed by atoms with Gasteiger partial charge in [0.15, 0.2) is 11.5 Å². The zero-order valence-corrected chi connectivity index (χ0v) is 14.1. The van der Waals surface area contributed by atoms with E-state index in [1.165, 1.54) is 6.92 Å². The lowest BCUT2D eigenvalue weighted by atomic mass is 9.96. The molecule has 0 bridgehead atoms. The van der Waals surface area contributed by atoms with Crippen molar-refractivity contribution in [2.24, 2.45) is 5.41 Å². The number of fused-ring (bicyclic) bond motifs is 1. The minimum Gasteiger partial charge on any atom is -0.454 e. The van der Waals surface area contributed by atoms with Crippen molar-refractivity contribution in [1.29, 1.82) is 0 Å². The molecule has 2 amide bonds. The van der Waals surface area contributed by atoms with E-state index in [-0.39, 0.29) is 18.6 Å². The second-order valence-electron chi connectivity index (χ2n) is 6.63. The zero-order chi connectivity index (χ0) is 17.0. The highest BCUT2D eigenvalue weighted by molar-refractivity contribution is 5.81. The number of rotatable bonds is 5. The maximum absolute atomic E-state index is 11.9. The molecule has 0 fully saturated rings. The van der Waals surface area contributed by atoms with Crippen LogP contribution < -0.4 is 14.8 Å². The summed E-state index contributed by atoms with van der Waals surface area (Å²) >= 11 is 0. The summed E-state index contributed by atoms with van der Waals surface area (Å²) in [6.45, 7) is 8.70. The summed E-state index contributed by atoms with van der Waals surface area (Å²) in [5.74, 6) is 1.37. The van der Waals surface area contributed by atoms with Gasteiger partial charge in [-0.3, -0.25) is 9.59 Å². The van der Waals surface area contributed by atoms with Gasteiger partial charge in [0, 0.05) is 32.0 Å².